The molecule has 8 aromatic carbocycles. The van der Waals surface area contributed by atoms with E-state index < -0.39 is 6.17 Å². The fourth-order valence-electron chi connectivity index (χ4n) is 8.55. The van der Waals surface area contributed by atoms with Crippen LogP contribution in [0.5, 0.6) is 0 Å². The van der Waals surface area contributed by atoms with Crippen LogP contribution in [0.25, 0.3) is 77.2 Å². The van der Waals surface area contributed by atoms with E-state index in [9.17, 15) is 0 Å². The number of allylic oxidation sites excluding steroid dienone is 1. The summed E-state index contributed by atoms with van der Waals surface area (Å²) in [6.07, 6.45) is 1.77. The average Bonchev–Trinajstić information content (AvgIpc) is 3.63. The zero-order chi connectivity index (χ0) is 37.7. The van der Waals surface area contributed by atoms with Gasteiger partial charge in [-0.05, 0) is 69.9 Å². The molecule has 1 aliphatic heterocycles. The Balaban J connectivity index is 1.15. The predicted molar refractivity (Wildman–Crippen MR) is 238 cm³/mol. The Bertz CT molecular complexity index is 3140. The van der Waals surface area contributed by atoms with Crippen LogP contribution in [0.4, 0.5) is 0 Å². The highest BCUT2D eigenvalue weighted by Gasteiger charge is 2.25. The van der Waals surface area contributed by atoms with Crippen LogP contribution in [0.1, 0.15) is 22.9 Å². The molecule has 4 nitrogen and oxygen atoms in total. The number of para-hydroxylation sites is 2. The lowest BCUT2D eigenvalue weighted by atomic mass is 9.91. The van der Waals surface area contributed by atoms with Gasteiger partial charge in [0.05, 0.1) is 28.0 Å². The molecule has 0 amide bonds. The molecule has 1 N–H and O–H groups in total. The second-order valence-corrected chi connectivity index (χ2v) is 14.6. The molecule has 1 aliphatic rings. The van der Waals surface area contributed by atoms with E-state index in [0.717, 1.165) is 72.5 Å². The first-order valence-corrected chi connectivity index (χ1v) is 19.4. The van der Waals surface area contributed by atoms with Crippen LogP contribution in [-0.4, -0.2) is 15.3 Å². The van der Waals surface area contributed by atoms with Crippen molar-refractivity contribution in [3.05, 3.63) is 223 Å². The number of aromatic nitrogens is 2. The van der Waals surface area contributed by atoms with Gasteiger partial charge in [0.15, 0.2) is 0 Å². The van der Waals surface area contributed by atoms with E-state index in [1.807, 2.05) is 0 Å². The van der Waals surface area contributed by atoms with E-state index in [1.54, 1.807) is 0 Å². The fraction of sp³-hybridized carbons (Fsp3) is 0.0189. The highest BCUT2D eigenvalue weighted by Crippen LogP contribution is 2.41. The fourth-order valence-corrected chi connectivity index (χ4v) is 8.55. The van der Waals surface area contributed by atoms with Crippen LogP contribution in [0, 0.1) is 0 Å². The molecule has 3 heterocycles. The van der Waals surface area contributed by atoms with Gasteiger partial charge in [-0.3, -0.25) is 4.99 Å². The Kier molecular flexibility index (Phi) is 7.85. The molecular formula is C53H36N4. The summed E-state index contributed by atoms with van der Waals surface area (Å²) in [5.41, 5.74) is 13.8. The number of aliphatic imine (C=N–C) groups is 1. The van der Waals surface area contributed by atoms with Gasteiger partial charge in [-0.1, -0.05) is 164 Å². The SMILES string of the molecule is C1=C(c2ccccc2)NC(c2cc3ccccc3c3c(-c4ccccc4)cc(-c4ccccc4)nc23)N=C1c1cccc(-n2c3ccccc3c3ccccc32)c1. The Morgan fingerprint density at radius 3 is 1.75 bits per heavy atom. The van der Waals surface area contributed by atoms with Gasteiger partial charge in [-0.2, -0.15) is 0 Å². The summed E-state index contributed by atoms with van der Waals surface area (Å²) >= 11 is 0. The van der Waals surface area contributed by atoms with Crippen molar-refractivity contribution in [2.45, 2.75) is 6.17 Å². The smallest absolute Gasteiger partial charge is 0.147 e. The first kappa shape index (κ1) is 32.8. The molecule has 11 rings (SSSR count). The van der Waals surface area contributed by atoms with Crippen molar-refractivity contribution in [3.8, 4) is 28.1 Å². The number of benzene rings is 8. The zero-order valence-corrected chi connectivity index (χ0v) is 31.0. The standard InChI is InChI=1S/C53H36N4/c1-4-17-35(18-5-1)44-33-46(36-19-6-2-7-20-36)54-52-45(32-38-23-10-11-26-41(38)51(44)52)53-55-47(37-21-8-3-9-22-37)34-48(56-53)39-24-16-25-40(31-39)57-49-29-14-12-27-42(49)43-28-13-15-30-50(43)57/h1-34,53,55H. The summed E-state index contributed by atoms with van der Waals surface area (Å²) in [5.74, 6) is 0. The summed E-state index contributed by atoms with van der Waals surface area (Å²) in [5, 5.41) is 9.80. The van der Waals surface area contributed by atoms with Crippen LogP contribution in [0.2, 0.25) is 0 Å². The summed E-state index contributed by atoms with van der Waals surface area (Å²) in [6.45, 7) is 0. The number of nitrogens with zero attached hydrogens (tertiary/aromatic N) is 3. The normalized spacial score (nSPS) is 14.1. The van der Waals surface area contributed by atoms with E-state index >= 15 is 0 Å². The molecular weight excluding hydrogens is 693 g/mol. The highest BCUT2D eigenvalue weighted by atomic mass is 15.1. The van der Waals surface area contributed by atoms with Crippen molar-refractivity contribution in [2.75, 3.05) is 0 Å². The number of hydrogen-bond donors (Lipinski definition) is 1. The predicted octanol–water partition coefficient (Wildman–Crippen LogP) is 13.0. The topological polar surface area (TPSA) is 42.2 Å². The van der Waals surface area contributed by atoms with Gasteiger partial charge in [0, 0.05) is 44.2 Å². The number of pyridine rings is 1. The second-order valence-electron chi connectivity index (χ2n) is 14.6. The van der Waals surface area contributed by atoms with Crippen molar-refractivity contribution in [2.24, 2.45) is 4.99 Å². The minimum absolute atomic E-state index is 0.425. The lowest BCUT2D eigenvalue weighted by Gasteiger charge is -2.27. The maximum atomic E-state index is 5.59. The molecule has 0 saturated heterocycles. The van der Waals surface area contributed by atoms with Crippen LogP contribution in [0.3, 0.4) is 0 Å². The summed E-state index contributed by atoms with van der Waals surface area (Å²) in [6, 6.07) is 71.0. The van der Waals surface area contributed by atoms with Crippen molar-refractivity contribution in [1.29, 1.82) is 0 Å². The Hall–Kier alpha value is -7.56. The molecule has 0 aliphatic carbocycles. The Labute approximate surface area is 330 Å². The molecule has 2 aromatic heterocycles. The first-order valence-electron chi connectivity index (χ1n) is 19.4. The molecule has 0 fully saturated rings. The number of fused-ring (bicyclic) bond motifs is 6. The van der Waals surface area contributed by atoms with Crippen LogP contribution < -0.4 is 5.32 Å². The molecule has 0 spiro atoms. The van der Waals surface area contributed by atoms with Crippen molar-refractivity contribution >= 4 is 54.9 Å². The monoisotopic (exact) mass is 728 g/mol. The largest absolute Gasteiger partial charge is 0.359 e. The lowest BCUT2D eigenvalue weighted by molar-refractivity contribution is 0.668. The van der Waals surface area contributed by atoms with Gasteiger partial charge in [-0.25, -0.2) is 4.98 Å². The maximum absolute atomic E-state index is 5.59. The molecule has 1 atom stereocenters. The van der Waals surface area contributed by atoms with E-state index in [1.165, 1.54) is 27.2 Å². The Morgan fingerprint density at radius 1 is 0.474 bits per heavy atom. The van der Waals surface area contributed by atoms with Crippen molar-refractivity contribution in [3.63, 3.8) is 0 Å². The Morgan fingerprint density at radius 2 is 1.05 bits per heavy atom. The molecule has 1 unspecified atom stereocenters. The van der Waals surface area contributed by atoms with Crippen LogP contribution in [0.15, 0.2) is 211 Å². The maximum Gasteiger partial charge on any atom is 0.147 e. The minimum Gasteiger partial charge on any atom is -0.359 e. The molecule has 268 valence electrons. The average molecular weight is 729 g/mol. The highest BCUT2D eigenvalue weighted by molar-refractivity contribution is 6.17. The van der Waals surface area contributed by atoms with E-state index in [0.29, 0.717) is 0 Å². The molecule has 0 radical (unpaired) electrons. The minimum atomic E-state index is -0.425. The van der Waals surface area contributed by atoms with Crippen LogP contribution >= 0.6 is 0 Å². The molecule has 4 heteroatoms. The number of rotatable bonds is 6. The molecule has 10 aromatic rings. The van der Waals surface area contributed by atoms with Crippen molar-refractivity contribution < 1.29 is 0 Å². The zero-order valence-electron chi connectivity index (χ0n) is 31.0. The van der Waals surface area contributed by atoms with Gasteiger partial charge < -0.3 is 9.88 Å². The quantitative estimate of drug-likeness (QED) is 0.173. The third-order valence-electron chi connectivity index (χ3n) is 11.2. The summed E-state index contributed by atoms with van der Waals surface area (Å²) in [7, 11) is 0. The van der Waals surface area contributed by atoms with Gasteiger partial charge in [0.25, 0.3) is 0 Å². The van der Waals surface area contributed by atoms with Crippen LogP contribution in [-0.2, 0) is 0 Å². The second kappa shape index (κ2) is 13.6. The molecule has 0 saturated carbocycles. The third kappa shape index (κ3) is 5.70. The van der Waals surface area contributed by atoms with Gasteiger partial charge >= 0.3 is 0 Å². The van der Waals surface area contributed by atoms with Gasteiger partial charge in [-0.15, -0.1) is 0 Å². The van der Waals surface area contributed by atoms with Gasteiger partial charge in [0.2, 0.25) is 0 Å². The summed E-state index contributed by atoms with van der Waals surface area (Å²) < 4.78 is 2.37. The van der Waals surface area contributed by atoms with E-state index in [-0.39, 0.29) is 0 Å². The molecule has 57 heavy (non-hydrogen) atoms. The molecule has 0 bridgehead atoms. The van der Waals surface area contributed by atoms with E-state index in [4.69, 9.17) is 9.98 Å². The van der Waals surface area contributed by atoms with Crippen molar-refractivity contribution in [1.82, 2.24) is 14.9 Å². The lowest BCUT2D eigenvalue weighted by Crippen LogP contribution is -2.25. The van der Waals surface area contributed by atoms with Gasteiger partial charge in [0.1, 0.15) is 6.17 Å². The number of hydrogen-bond acceptors (Lipinski definition) is 3. The first-order chi connectivity index (χ1) is 28.3. The number of nitrogens with one attached hydrogen (secondary N) is 1. The third-order valence-corrected chi connectivity index (χ3v) is 11.2. The summed E-state index contributed by atoms with van der Waals surface area (Å²) in [4.78, 5) is 11.1. The van der Waals surface area contributed by atoms with E-state index in [2.05, 4.69) is 216 Å².